The molecule has 2 N–H and O–H groups in total. The first-order valence-corrected chi connectivity index (χ1v) is 10.4. The van der Waals surface area contributed by atoms with Crippen molar-refractivity contribution in [3.63, 3.8) is 0 Å². The zero-order valence-electron chi connectivity index (χ0n) is 16.6. The van der Waals surface area contributed by atoms with Crippen molar-refractivity contribution in [2.75, 3.05) is 45.2 Å². The molecule has 0 bridgehead atoms. The number of aliphatic imine (C=N–C) groups is 1. The van der Waals surface area contributed by atoms with E-state index < -0.39 is 0 Å². The quantitative estimate of drug-likeness (QED) is 0.331. The molecule has 26 heavy (non-hydrogen) atoms. The molecule has 1 aliphatic rings. The molecular weight excluding hydrogens is 459 g/mol. The van der Waals surface area contributed by atoms with E-state index in [4.69, 9.17) is 0 Å². The smallest absolute Gasteiger partial charge is 0.191 e. The normalized spacial score (nSPS) is 18.3. The fourth-order valence-corrected chi connectivity index (χ4v) is 3.96. The third-order valence-electron chi connectivity index (χ3n) is 4.58. The van der Waals surface area contributed by atoms with E-state index in [9.17, 15) is 0 Å². The van der Waals surface area contributed by atoms with Crippen molar-refractivity contribution in [1.29, 1.82) is 0 Å². The van der Waals surface area contributed by atoms with E-state index in [1.54, 1.807) is 11.3 Å². The highest BCUT2D eigenvalue weighted by Gasteiger charge is 2.19. The minimum Gasteiger partial charge on any atom is -0.357 e. The topological polar surface area (TPSA) is 55.8 Å². The van der Waals surface area contributed by atoms with Crippen molar-refractivity contribution in [3.05, 3.63) is 11.1 Å². The predicted octanol–water partition coefficient (Wildman–Crippen LogP) is 3.15. The van der Waals surface area contributed by atoms with Gasteiger partial charge in [0.25, 0.3) is 0 Å². The molecule has 0 aliphatic carbocycles. The first-order chi connectivity index (χ1) is 12.1. The highest BCUT2D eigenvalue weighted by Crippen LogP contribution is 2.19. The van der Waals surface area contributed by atoms with Gasteiger partial charge < -0.3 is 15.5 Å². The minimum atomic E-state index is 0. The van der Waals surface area contributed by atoms with Crippen molar-refractivity contribution in [2.24, 2.45) is 4.99 Å². The first-order valence-electron chi connectivity index (χ1n) is 9.52. The molecule has 2 heterocycles. The molecule has 1 fully saturated rings. The number of halogens is 1. The summed E-state index contributed by atoms with van der Waals surface area (Å²) in [6, 6.07) is 0.759. The van der Waals surface area contributed by atoms with E-state index >= 15 is 0 Å². The van der Waals surface area contributed by atoms with Gasteiger partial charge in [0.1, 0.15) is 0 Å². The Morgan fingerprint density at radius 1 is 1.35 bits per heavy atom. The Hall–Kier alpha value is -0.610. The Kier molecular flexibility index (Phi) is 11.5. The van der Waals surface area contributed by atoms with Crippen molar-refractivity contribution in [3.8, 4) is 0 Å². The van der Waals surface area contributed by atoms with Gasteiger partial charge in [-0.3, -0.25) is 4.90 Å². The minimum absolute atomic E-state index is 0. The molecule has 1 aromatic heterocycles. The maximum absolute atomic E-state index is 4.68. The van der Waals surface area contributed by atoms with Gasteiger partial charge in [-0.25, -0.2) is 9.98 Å². The molecule has 1 unspecified atom stereocenters. The number of nitrogens with zero attached hydrogens (tertiary/aromatic N) is 4. The number of hydrogen-bond donors (Lipinski definition) is 2. The molecular formula is C18H35IN6S. The molecule has 150 valence electrons. The molecule has 1 atom stereocenters. The summed E-state index contributed by atoms with van der Waals surface area (Å²) in [6.45, 7) is 9.14. The van der Waals surface area contributed by atoms with Crippen LogP contribution in [-0.2, 0) is 6.54 Å². The number of piperidine rings is 1. The molecule has 0 amide bonds. The van der Waals surface area contributed by atoms with E-state index in [1.807, 2.05) is 19.0 Å². The molecule has 0 spiro atoms. The van der Waals surface area contributed by atoms with Gasteiger partial charge in [0.15, 0.2) is 11.1 Å². The highest BCUT2D eigenvalue weighted by molar-refractivity contribution is 14.0. The van der Waals surface area contributed by atoms with Crippen molar-refractivity contribution in [1.82, 2.24) is 20.5 Å². The lowest BCUT2D eigenvalue weighted by Gasteiger charge is -2.35. The molecule has 0 radical (unpaired) electrons. The zero-order chi connectivity index (χ0) is 18.1. The van der Waals surface area contributed by atoms with Gasteiger partial charge in [-0.05, 0) is 32.7 Å². The van der Waals surface area contributed by atoms with Crippen LogP contribution in [0.1, 0.15) is 45.2 Å². The number of aromatic nitrogens is 1. The third kappa shape index (κ3) is 7.56. The highest BCUT2D eigenvalue weighted by atomic mass is 127. The summed E-state index contributed by atoms with van der Waals surface area (Å²) in [6.07, 6.45) is 5.33. The maximum Gasteiger partial charge on any atom is 0.191 e. The summed E-state index contributed by atoms with van der Waals surface area (Å²) in [5, 5.41) is 9.92. The second kappa shape index (κ2) is 12.7. The van der Waals surface area contributed by atoms with E-state index in [0.717, 1.165) is 42.5 Å². The Morgan fingerprint density at radius 3 is 2.81 bits per heavy atom. The summed E-state index contributed by atoms with van der Waals surface area (Å²) in [4.78, 5) is 13.9. The number of thiazole rings is 1. The zero-order valence-corrected chi connectivity index (χ0v) is 19.8. The van der Waals surface area contributed by atoms with E-state index in [0.29, 0.717) is 6.54 Å². The van der Waals surface area contributed by atoms with Gasteiger partial charge in [-0.1, -0.05) is 13.3 Å². The van der Waals surface area contributed by atoms with Crippen LogP contribution in [0.25, 0.3) is 0 Å². The van der Waals surface area contributed by atoms with Crippen LogP contribution in [0, 0.1) is 0 Å². The second-order valence-electron chi connectivity index (χ2n) is 6.73. The van der Waals surface area contributed by atoms with Gasteiger partial charge in [0, 0.05) is 45.2 Å². The number of guanidine groups is 1. The van der Waals surface area contributed by atoms with E-state index in [1.165, 1.54) is 32.2 Å². The maximum atomic E-state index is 4.68. The van der Waals surface area contributed by atoms with Gasteiger partial charge in [0.05, 0.1) is 12.2 Å². The lowest BCUT2D eigenvalue weighted by Crippen LogP contribution is -2.45. The monoisotopic (exact) mass is 494 g/mol. The van der Waals surface area contributed by atoms with Crippen LogP contribution in [0.15, 0.2) is 10.4 Å². The van der Waals surface area contributed by atoms with Crippen LogP contribution in [-0.4, -0.2) is 62.2 Å². The standard InChI is InChI=1S/C18H34N6S.HI/c1-5-16-9-7-8-11-24(16)12-10-20-17(19-6-2)21-13-15-14-25-18(22-15)23(3)4;/h14,16H,5-13H2,1-4H3,(H2,19,20,21);1H. The first kappa shape index (κ1) is 23.4. The fraction of sp³-hybridized carbons (Fsp3) is 0.778. The van der Waals surface area contributed by atoms with Crippen molar-refractivity contribution >= 4 is 46.4 Å². The van der Waals surface area contributed by atoms with Gasteiger partial charge in [-0.2, -0.15) is 0 Å². The van der Waals surface area contributed by atoms with Crippen LogP contribution in [0.2, 0.25) is 0 Å². The predicted molar refractivity (Wildman–Crippen MR) is 124 cm³/mol. The summed E-state index contributed by atoms with van der Waals surface area (Å²) in [7, 11) is 4.03. The number of likely N-dealkylation sites (tertiary alicyclic amines) is 1. The Balaban J connectivity index is 0.00000338. The average Bonchev–Trinajstić information content (AvgIpc) is 3.09. The molecule has 1 aromatic rings. The van der Waals surface area contributed by atoms with Crippen LogP contribution in [0.4, 0.5) is 5.13 Å². The number of hydrogen-bond acceptors (Lipinski definition) is 5. The van der Waals surface area contributed by atoms with Gasteiger partial charge in [-0.15, -0.1) is 35.3 Å². The van der Waals surface area contributed by atoms with Crippen LogP contribution >= 0.6 is 35.3 Å². The summed E-state index contributed by atoms with van der Waals surface area (Å²) < 4.78 is 0. The fourth-order valence-electron chi connectivity index (χ4n) is 3.21. The van der Waals surface area contributed by atoms with Crippen LogP contribution in [0.3, 0.4) is 0 Å². The summed E-state index contributed by atoms with van der Waals surface area (Å²) in [5.41, 5.74) is 1.02. The van der Waals surface area contributed by atoms with Gasteiger partial charge >= 0.3 is 0 Å². The SMILES string of the molecule is CCNC(=NCc1csc(N(C)C)n1)NCCN1CCCCC1CC.I. The van der Waals surface area contributed by atoms with Crippen molar-refractivity contribution < 1.29 is 0 Å². The summed E-state index contributed by atoms with van der Waals surface area (Å²) >= 11 is 1.66. The molecule has 8 heteroatoms. The number of rotatable bonds is 8. The lowest BCUT2D eigenvalue weighted by molar-refractivity contribution is 0.147. The molecule has 6 nitrogen and oxygen atoms in total. The summed E-state index contributed by atoms with van der Waals surface area (Å²) in [5.74, 6) is 0.881. The van der Waals surface area contributed by atoms with Gasteiger partial charge in [0.2, 0.25) is 0 Å². The van der Waals surface area contributed by atoms with E-state index in [2.05, 4.69) is 44.7 Å². The molecule has 2 rings (SSSR count). The molecule has 1 aliphatic heterocycles. The largest absolute Gasteiger partial charge is 0.357 e. The Bertz CT molecular complexity index is 534. The molecule has 0 saturated carbocycles. The second-order valence-corrected chi connectivity index (χ2v) is 7.57. The van der Waals surface area contributed by atoms with Crippen molar-refractivity contribution in [2.45, 2.75) is 52.1 Å². The van der Waals surface area contributed by atoms with Crippen LogP contribution < -0.4 is 15.5 Å². The average molecular weight is 494 g/mol. The molecule has 0 aromatic carbocycles. The Labute approximate surface area is 179 Å². The van der Waals surface area contributed by atoms with Crippen LogP contribution in [0.5, 0.6) is 0 Å². The Morgan fingerprint density at radius 2 is 2.15 bits per heavy atom. The number of anilines is 1. The number of nitrogens with one attached hydrogen (secondary N) is 2. The van der Waals surface area contributed by atoms with E-state index in [-0.39, 0.29) is 24.0 Å². The third-order valence-corrected chi connectivity index (χ3v) is 5.63. The lowest BCUT2D eigenvalue weighted by atomic mass is 10.0. The molecule has 1 saturated heterocycles.